The van der Waals surface area contributed by atoms with Gasteiger partial charge < -0.3 is 4.57 Å². The topological polar surface area (TPSA) is 41.1 Å². The smallest absolute Gasteiger partial charge is 0.0991 e. The van der Waals surface area contributed by atoms with Crippen molar-refractivity contribution in [2.45, 2.75) is 44.6 Å². The molecule has 0 radical (unpaired) electrons. The van der Waals surface area contributed by atoms with E-state index in [1.807, 2.05) is 18.2 Å². The summed E-state index contributed by atoms with van der Waals surface area (Å²) in [6.45, 7) is 4.69. The van der Waals surface area contributed by atoms with Crippen molar-refractivity contribution in [1.29, 1.82) is 5.26 Å². The predicted molar refractivity (Wildman–Crippen MR) is 174 cm³/mol. The SMILES string of the molecule is CC1(C)C2=C(/N=C(/c3cccc(C#N)c3)C(n3c4ccccc4c4cc5ccccc5cc43)CCC2)c2ccccc21. The van der Waals surface area contributed by atoms with Crippen LogP contribution in [0.1, 0.15) is 61.4 Å². The third-order valence-corrected chi connectivity index (χ3v) is 9.52. The van der Waals surface area contributed by atoms with Crippen molar-refractivity contribution < 1.29 is 0 Å². The van der Waals surface area contributed by atoms with Gasteiger partial charge in [-0.05, 0) is 77.1 Å². The molecule has 2 aliphatic rings. The van der Waals surface area contributed by atoms with E-state index in [1.165, 1.54) is 49.3 Å². The summed E-state index contributed by atoms with van der Waals surface area (Å²) in [4.78, 5) is 5.66. The van der Waals surface area contributed by atoms with Gasteiger partial charge in [0.25, 0.3) is 0 Å². The molecule has 202 valence electrons. The lowest BCUT2D eigenvalue weighted by Crippen LogP contribution is -2.23. The van der Waals surface area contributed by atoms with Gasteiger partial charge in [-0.25, -0.2) is 4.99 Å². The molecule has 0 saturated carbocycles. The van der Waals surface area contributed by atoms with E-state index in [-0.39, 0.29) is 11.5 Å². The fourth-order valence-corrected chi connectivity index (χ4v) is 7.49. The number of allylic oxidation sites excluding steroid dienone is 1. The first-order chi connectivity index (χ1) is 20.5. The van der Waals surface area contributed by atoms with Crippen LogP contribution in [0.4, 0.5) is 0 Å². The van der Waals surface area contributed by atoms with Crippen LogP contribution in [0.2, 0.25) is 0 Å². The van der Waals surface area contributed by atoms with E-state index in [1.54, 1.807) is 0 Å². The van der Waals surface area contributed by atoms with Gasteiger partial charge in [-0.15, -0.1) is 0 Å². The highest BCUT2D eigenvalue weighted by Gasteiger charge is 2.39. The normalized spacial score (nSPS) is 19.2. The molecule has 1 aliphatic heterocycles. The largest absolute Gasteiger partial charge is 0.331 e. The first-order valence-corrected chi connectivity index (χ1v) is 14.9. The van der Waals surface area contributed by atoms with Crippen LogP contribution >= 0.6 is 0 Å². The van der Waals surface area contributed by atoms with E-state index in [9.17, 15) is 5.26 Å². The van der Waals surface area contributed by atoms with Crippen molar-refractivity contribution in [2.75, 3.05) is 0 Å². The minimum absolute atomic E-state index is 0.00688. The summed E-state index contributed by atoms with van der Waals surface area (Å²) in [5, 5.41) is 14.9. The zero-order chi connectivity index (χ0) is 28.4. The van der Waals surface area contributed by atoms with Crippen molar-refractivity contribution in [3.8, 4) is 6.07 Å². The minimum atomic E-state index is -0.0619. The molecule has 8 rings (SSSR count). The third-order valence-electron chi connectivity index (χ3n) is 9.52. The Morgan fingerprint density at radius 2 is 1.55 bits per heavy atom. The molecule has 0 saturated heterocycles. The number of benzene rings is 5. The highest BCUT2D eigenvalue weighted by Crippen LogP contribution is 2.50. The Morgan fingerprint density at radius 3 is 2.40 bits per heavy atom. The lowest BCUT2D eigenvalue weighted by Gasteiger charge is -2.29. The standard InChI is InChI=1S/C39H31N3/c1-39(2)32-17-7-5-16-30(32)38-33(39)18-10-20-35(37(41-38)28-14-9-11-25(21-28)24-40)42-34-19-8-6-15-29(34)31-22-26-12-3-4-13-27(26)23-36(31)42/h3-9,11-17,19,21-23,35H,10,18,20H2,1-2H3/b41-37-. The average Bonchev–Trinajstić information content (AvgIpc) is 3.43. The van der Waals surface area contributed by atoms with Gasteiger partial charge in [-0.1, -0.05) is 92.7 Å². The zero-order valence-corrected chi connectivity index (χ0v) is 23.9. The van der Waals surface area contributed by atoms with Crippen LogP contribution in [-0.2, 0) is 5.41 Å². The number of nitrogens with zero attached hydrogens (tertiary/aromatic N) is 3. The molecule has 3 heteroatoms. The van der Waals surface area contributed by atoms with Gasteiger partial charge in [-0.3, -0.25) is 0 Å². The number of hydrogen-bond donors (Lipinski definition) is 0. The van der Waals surface area contributed by atoms with E-state index in [0.29, 0.717) is 5.56 Å². The van der Waals surface area contributed by atoms with Crippen LogP contribution in [0.5, 0.6) is 0 Å². The number of aromatic nitrogens is 1. The monoisotopic (exact) mass is 541 g/mol. The molecule has 0 fully saturated rings. The summed E-state index contributed by atoms with van der Waals surface area (Å²) in [6, 6.07) is 41.3. The van der Waals surface area contributed by atoms with Gasteiger partial charge in [-0.2, -0.15) is 5.26 Å². The molecular weight excluding hydrogens is 510 g/mol. The minimum Gasteiger partial charge on any atom is -0.331 e. The average molecular weight is 542 g/mol. The summed E-state index contributed by atoms with van der Waals surface area (Å²) >= 11 is 0. The van der Waals surface area contributed by atoms with Crippen LogP contribution < -0.4 is 0 Å². The molecule has 0 bridgehead atoms. The van der Waals surface area contributed by atoms with Gasteiger partial charge in [0, 0.05) is 27.3 Å². The fourth-order valence-electron chi connectivity index (χ4n) is 7.49. The second-order valence-electron chi connectivity index (χ2n) is 12.2. The van der Waals surface area contributed by atoms with E-state index >= 15 is 0 Å². The molecule has 1 atom stereocenters. The summed E-state index contributed by atoms with van der Waals surface area (Å²) in [5.74, 6) is 0. The molecule has 2 heterocycles. The number of fused-ring (bicyclic) bond motifs is 6. The second-order valence-corrected chi connectivity index (χ2v) is 12.2. The van der Waals surface area contributed by atoms with E-state index in [4.69, 9.17) is 4.99 Å². The first kappa shape index (κ1) is 24.8. The van der Waals surface area contributed by atoms with E-state index < -0.39 is 0 Å². The Morgan fingerprint density at radius 1 is 0.786 bits per heavy atom. The maximum atomic E-state index is 9.84. The van der Waals surface area contributed by atoms with Crippen molar-refractivity contribution in [3.05, 3.63) is 137 Å². The highest BCUT2D eigenvalue weighted by molar-refractivity contribution is 6.15. The number of aliphatic imine (C=N–C) groups is 1. The molecule has 1 unspecified atom stereocenters. The molecule has 1 aliphatic carbocycles. The molecule has 0 spiro atoms. The number of hydrogen-bond acceptors (Lipinski definition) is 2. The molecule has 3 nitrogen and oxygen atoms in total. The van der Waals surface area contributed by atoms with Crippen molar-refractivity contribution in [1.82, 2.24) is 4.57 Å². The van der Waals surface area contributed by atoms with Crippen LogP contribution in [0.25, 0.3) is 38.3 Å². The maximum absolute atomic E-state index is 9.84. The Bertz CT molecular complexity index is 2170. The number of rotatable bonds is 2. The van der Waals surface area contributed by atoms with Gasteiger partial charge >= 0.3 is 0 Å². The number of para-hydroxylation sites is 1. The third kappa shape index (κ3) is 3.62. The molecule has 5 aromatic carbocycles. The lowest BCUT2D eigenvalue weighted by molar-refractivity contribution is 0.543. The number of nitriles is 1. The van der Waals surface area contributed by atoms with E-state index in [0.717, 1.165) is 36.2 Å². The van der Waals surface area contributed by atoms with Crippen LogP contribution in [0.15, 0.2) is 120 Å². The predicted octanol–water partition coefficient (Wildman–Crippen LogP) is 9.74. The molecule has 42 heavy (non-hydrogen) atoms. The fraction of sp³-hybridized carbons (Fsp3) is 0.179. The summed E-state index contributed by atoms with van der Waals surface area (Å²) in [6.07, 6.45) is 3.03. The lowest BCUT2D eigenvalue weighted by atomic mass is 9.79. The molecule has 1 aromatic heterocycles. The Kier molecular flexibility index (Phi) is 5.49. The molecule has 0 N–H and O–H groups in total. The quantitative estimate of drug-likeness (QED) is 0.215. The maximum Gasteiger partial charge on any atom is 0.0991 e. The Balaban J connectivity index is 1.46. The van der Waals surface area contributed by atoms with Crippen LogP contribution in [0, 0.1) is 11.3 Å². The first-order valence-electron chi connectivity index (χ1n) is 14.9. The van der Waals surface area contributed by atoms with Gasteiger partial charge in [0.2, 0.25) is 0 Å². The Hall–Kier alpha value is -4.94. The molecule has 0 amide bonds. The van der Waals surface area contributed by atoms with Crippen LogP contribution in [-0.4, -0.2) is 10.3 Å². The second kappa shape index (κ2) is 9.29. The highest BCUT2D eigenvalue weighted by atomic mass is 15.0. The summed E-state index contributed by atoms with van der Waals surface area (Å²) < 4.78 is 2.53. The summed E-state index contributed by atoms with van der Waals surface area (Å²) in [7, 11) is 0. The van der Waals surface area contributed by atoms with Crippen LogP contribution in [0.3, 0.4) is 0 Å². The Labute approximate surface area is 246 Å². The van der Waals surface area contributed by atoms with Gasteiger partial charge in [0.15, 0.2) is 0 Å². The van der Waals surface area contributed by atoms with E-state index in [2.05, 4.69) is 115 Å². The van der Waals surface area contributed by atoms with Crippen molar-refractivity contribution in [2.24, 2.45) is 4.99 Å². The molecule has 6 aromatic rings. The molecular formula is C39H31N3. The van der Waals surface area contributed by atoms with Gasteiger partial charge in [0.1, 0.15) is 0 Å². The van der Waals surface area contributed by atoms with Gasteiger partial charge in [0.05, 0.1) is 34.6 Å². The summed E-state index contributed by atoms with van der Waals surface area (Å²) in [5.41, 5.74) is 10.2. The van der Waals surface area contributed by atoms with Crippen molar-refractivity contribution in [3.63, 3.8) is 0 Å². The van der Waals surface area contributed by atoms with Crippen molar-refractivity contribution >= 4 is 44.0 Å². The zero-order valence-electron chi connectivity index (χ0n) is 23.9.